The molecule has 3 heteroatoms. The summed E-state index contributed by atoms with van der Waals surface area (Å²) in [5.41, 5.74) is 5.95. The fourth-order valence-corrected chi connectivity index (χ4v) is 3.14. The third kappa shape index (κ3) is 4.94. The number of ether oxygens (including phenoxy) is 1. The highest BCUT2D eigenvalue weighted by Crippen LogP contribution is 2.19. The van der Waals surface area contributed by atoms with Crippen molar-refractivity contribution in [1.29, 1.82) is 0 Å². The van der Waals surface area contributed by atoms with Crippen LogP contribution in [0.15, 0.2) is 66.8 Å². The van der Waals surface area contributed by atoms with Crippen molar-refractivity contribution in [2.24, 2.45) is 0 Å². The zero-order chi connectivity index (χ0) is 18.4. The number of benzene rings is 2. The number of rotatable bonds is 4. The first-order valence-corrected chi connectivity index (χ1v) is 9.39. The van der Waals surface area contributed by atoms with Gasteiger partial charge in [0, 0.05) is 16.7 Å². The van der Waals surface area contributed by atoms with E-state index in [0.717, 1.165) is 36.9 Å². The van der Waals surface area contributed by atoms with Gasteiger partial charge >= 0.3 is 0 Å². The number of morpholine rings is 1. The van der Waals surface area contributed by atoms with Crippen molar-refractivity contribution < 1.29 is 9.31 Å². The van der Waals surface area contributed by atoms with Crippen molar-refractivity contribution in [3.8, 4) is 0 Å². The highest BCUT2D eigenvalue weighted by Gasteiger charge is 2.17. The standard InChI is InChI=1S/C23H25ClNO/c1-18-6-10-20(11-7-18)22(24)4-3-5-23(25-14-16-26-17-15-25)21-12-8-19(2)9-13-21/h3-13H,14-17H2,1-2H3/q+1/b5-3+,22-4+. The summed E-state index contributed by atoms with van der Waals surface area (Å²) in [6.07, 6.45) is 6.14. The molecule has 134 valence electrons. The molecule has 1 fully saturated rings. The van der Waals surface area contributed by atoms with Gasteiger partial charge in [0.1, 0.15) is 13.2 Å². The van der Waals surface area contributed by atoms with Gasteiger partial charge in [-0.25, -0.2) is 4.58 Å². The van der Waals surface area contributed by atoms with Crippen molar-refractivity contribution >= 4 is 22.3 Å². The van der Waals surface area contributed by atoms with Crippen LogP contribution in [0.1, 0.15) is 22.3 Å². The van der Waals surface area contributed by atoms with Gasteiger partial charge in [-0.2, -0.15) is 0 Å². The van der Waals surface area contributed by atoms with Crippen LogP contribution in [0.2, 0.25) is 0 Å². The molecule has 1 aliphatic rings. The molecule has 0 aromatic heterocycles. The van der Waals surface area contributed by atoms with Gasteiger partial charge in [-0.05, 0) is 37.6 Å². The van der Waals surface area contributed by atoms with Crippen LogP contribution in [-0.2, 0) is 4.74 Å². The Morgan fingerprint density at radius 3 is 2.00 bits per heavy atom. The van der Waals surface area contributed by atoms with Crippen LogP contribution in [0.4, 0.5) is 0 Å². The maximum absolute atomic E-state index is 6.46. The van der Waals surface area contributed by atoms with Crippen LogP contribution < -0.4 is 0 Å². The minimum Gasteiger partial charge on any atom is -0.368 e. The Labute approximate surface area is 161 Å². The number of halogens is 1. The quantitative estimate of drug-likeness (QED) is 0.549. The Morgan fingerprint density at radius 1 is 0.885 bits per heavy atom. The first-order chi connectivity index (χ1) is 12.6. The fourth-order valence-electron chi connectivity index (χ4n) is 2.95. The van der Waals surface area contributed by atoms with Gasteiger partial charge in [0.2, 0.25) is 5.71 Å². The highest BCUT2D eigenvalue weighted by molar-refractivity contribution is 6.48. The monoisotopic (exact) mass is 366 g/mol. The van der Waals surface area contributed by atoms with E-state index in [1.54, 1.807) is 0 Å². The molecule has 0 bridgehead atoms. The van der Waals surface area contributed by atoms with E-state index in [1.807, 2.05) is 12.2 Å². The van der Waals surface area contributed by atoms with E-state index in [1.165, 1.54) is 22.4 Å². The van der Waals surface area contributed by atoms with E-state index in [2.05, 4.69) is 73.0 Å². The molecule has 1 aliphatic heterocycles. The highest BCUT2D eigenvalue weighted by atomic mass is 35.5. The molecular weight excluding hydrogens is 342 g/mol. The van der Waals surface area contributed by atoms with E-state index >= 15 is 0 Å². The minimum atomic E-state index is 0.742. The van der Waals surface area contributed by atoms with Crippen molar-refractivity contribution in [2.75, 3.05) is 26.3 Å². The third-order valence-corrected chi connectivity index (χ3v) is 4.87. The lowest BCUT2D eigenvalue weighted by Gasteiger charge is -2.13. The lowest BCUT2D eigenvalue weighted by atomic mass is 10.1. The maximum atomic E-state index is 6.46. The first-order valence-electron chi connectivity index (χ1n) is 9.01. The van der Waals surface area contributed by atoms with Crippen LogP contribution in [0.3, 0.4) is 0 Å². The molecule has 0 aliphatic carbocycles. The van der Waals surface area contributed by atoms with Crippen LogP contribution in [0.25, 0.3) is 5.03 Å². The molecule has 2 nitrogen and oxygen atoms in total. The summed E-state index contributed by atoms with van der Waals surface area (Å²) in [5.74, 6) is 0. The first kappa shape index (κ1) is 18.6. The van der Waals surface area contributed by atoms with Gasteiger partial charge < -0.3 is 4.74 Å². The molecule has 3 rings (SSSR count). The summed E-state index contributed by atoms with van der Waals surface area (Å²) < 4.78 is 7.88. The Hall–Kier alpha value is -2.16. The summed E-state index contributed by atoms with van der Waals surface area (Å²) >= 11 is 6.46. The summed E-state index contributed by atoms with van der Waals surface area (Å²) in [6, 6.07) is 16.9. The fraction of sp³-hybridized carbons (Fsp3) is 0.261. The molecule has 1 heterocycles. The topological polar surface area (TPSA) is 12.2 Å². The summed E-state index contributed by atoms with van der Waals surface area (Å²) in [6.45, 7) is 7.53. The zero-order valence-electron chi connectivity index (χ0n) is 15.4. The Balaban J connectivity index is 1.87. The van der Waals surface area contributed by atoms with Crippen LogP contribution in [0, 0.1) is 13.8 Å². The minimum absolute atomic E-state index is 0.742. The maximum Gasteiger partial charge on any atom is 0.207 e. The molecule has 0 N–H and O–H groups in total. The molecule has 0 unspecified atom stereocenters. The van der Waals surface area contributed by atoms with Gasteiger partial charge in [0.25, 0.3) is 0 Å². The molecule has 0 spiro atoms. The normalized spacial score (nSPS) is 15.5. The molecule has 26 heavy (non-hydrogen) atoms. The largest absolute Gasteiger partial charge is 0.368 e. The van der Waals surface area contributed by atoms with Crippen LogP contribution in [-0.4, -0.2) is 36.6 Å². The van der Waals surface area contributed by atoms with E-state index in [-0.39, 0.29) is 0 Å². The molecular formula is C23H25ClNO+. The average molecular weight is 367 g/mol. The average Bonchev–Trinajstić information content (AvgIpc) is 2.67. The van der Waals surface area contributed by atoms with Crippen LogP contribution >= 0.6 is 11.6 Å². The Bertz CT molecular complexity index is 822. The molecule has 0 radical (unpaired) electrons. The third-order valence-electron chi connectivity index (χ3n) is 4.52. The Kier molecular flexibility index (Phi) is 6.43. The molecule has 1 saturated heterocycles. The van der Waals surface area contributed by atoms with Crippen molar-refractivity contribution in [3.05, 3.63) is 89.0 Å². The SMILES string of the molecule is Cc1ccc(C(/C=C/C=C(/Cl)c2ccc(C)cc2)=[N+]2CCOCC2)cc1. The van der Waals surface area contributed by atoms with Gasteiger partial charge in [0.15, 0.2) is 13.1 Å². The molecule has 2 aromatic carbocycles. The number of nitrogens with zero attached hydrogens (tertiary/aromatic N) is 1. The van der Waals surface area contributed by atoms with Crippen molar-refractivity contribution in [1.82, 2.24) is 0 Å². The molecule has 2 aromatic rings. The summed E-state index contributed by atoms with van der Waals surface area (Å²) in [7, 11) is 0. The molecule has 0 amide bonds. The lowest BCUT2D eigenvalue weighted by Crippen LogP contribution is -2.33. The molecule has 0 atom stereocenters. The predicted octanol–water partition coefficient (Wildman–Crippen LogP) is 4.97. The lowest BCUT2D eigenvalue weighted by molar-refractivity contribution is -0.548. The van der Waals surface area contributed by atoms with Crippen molar-refractivity contribution in [3.63, 3.8) is 0 Å². The second-order valence-corrected chi connectivity index (χ2v) is 7.00. The predicted molar refractivity (Wildman–Crippen MR) is 110 cm³/mol. The van der Waals surface area contributed by atoms with E-state index in [0.29, 0.717) is 0 Å². The number of hydrogen-bond acceptors (Lipinski definition) is 1. The number of hydrogen-bond donors (Lipinski definition) is 0. The van der Waals surface area contributed by atoms with E-state index < -0.39 is 0 Å². The zero-order valence-corrected chi connectivity index (χ0v) is 16.2. The van der Waals surface area contributed by atoms with Crippen molar-refractivity contribution in [2.45, 2.75) is 13.8 Å². The second-order valence-electron chi connectivity index (χ2n) is 6.59. The van der Waals surface area contributed by atoms with Gasteiger partial charge in [-0.15, -0.1) is 0 Å². The smallest absolute Gasteiger partial charge is 0.207 e. The van der Waals surface area contributed by atoms with Gasteiger partial charge in [0.05, 0.1) is 0 Å². The van der Waals surface area contributed by atoms with Crippen LogP contribution in [0.5, 0.6) is 0 Å². The summed E-state index contributed by atoms with van der Waals surface area (Å²) in [4.78, 5) is 0. The molecule has 0 saturated carbocycles. The second kappa shape index (κ2) is 8.98. The summed E-state index contributed by atoms with van der Waals surface area (Å²) in [5, 5.41) is 0.742. The van der Waals surface area contributed by atoms with Gasteiger partial charge in [-0.3, -0.25) is 0 Å². The van der Waals surface area contributed by atoms with Gasteiger partial charge in [-0.1, -0.05) is 65.2 Å². The Morgan fingerprint density at radius 2 is 1.42 bits per heavy atom. The number of aryl methyl sites for hydroxylation is 2. The van der Waals surface area contributed by atoms with E-state index in [9.17, 15) is 0 Å². The van der Waals surface area contributed by atoms with E-state index in [4.69, 9.17) is 16.3 Å². The number of allylic oxidation sites excluding steroid dienone is 3.